The van der Waals surface area contributed by atoms with Gasteiger partial charge in [0.15, 0.2) is 5.96 Å². The van der Waals surface area contributed by atoms with Crippen LogP contribution < -0.4 is 15.4 Å². The number of hydrogen-bond donors (Lipinski definition) is 2. The number of likely N-dealkylation sites (tertiary alicyclic amines) is 1. The lowest BCUT2D eigenvalue weighted by Crippen LogP contribution is -2.51. The lowest BCUT2D eigenvalue weighted by molar-refractivity contribution is 0.134. The Bertz CT molecular complexity index is 784. The molecule has 0 bridgehead atoms. The number of guanidine groups is 1. The van der Waals surface area contributed by atoms with E-state index in [9.17, 15) is 0 Å². The van der Waals surface area contributed by atoms with E-state index in [1.54, 1.807) is 7.11 Å². The third-order valence-electron chi connectivity index (χ3n) is 5.69. The molecule has 0 saturated carbocycles. The number of nitrogens with zero attached hydrogens (tertiary/aromatic N) is 2. The van der Waals surface area contributed by atoms with Gasteiger partial charge in [-0.25, -0.2) is 0 Å². The molecule has 1 heterocycles. The molecule has 1 saturated heterocycles. The zero-order valence-corrected chi connectivity index (χ0v) is 20.6. The highest BCUT2D eigenvalue weighted by molar-refractivity contribution is 14.0. The van der Waals surface area contributed by atoms with Gasteiger partial charge in [-0.2, -0.15) is 0 Å². The van der Waals surface area contributed by atoms with Crippen molar-refractivity contribution >= 4 is 29.9 Å². The van der Waals surface area contributed by atoms with Gasteiger partial charge in [-0.15, -0.1) is 24.0 Å². The summed E-state index contributed by atoms with van der Waals surface area (Å²) in [6.07, 6.45) is 3.15. The van der Waals surface area contributed by atoms with Crippen LogP contribution in [0, 0.1) is 0 Å². The number of hydrogen-bond acceptors (Lipinski definition) is 3. The van der Waals surface area contributed by atoms with Gasteiger partial charge in [0.05, 0.1) is 7.11 Å². The van der Waals surface area contributed by atoms with E-state index >= 15 is 0 Å². The summed E-state index contributed by atoms with van der Waals surface area (Å²) in [5.41, 5.74) is 2.60. The molecular weight excluding hydrogens is 487 g/mol. The van der Waals surface area contributed by atoms with Gasteiger partial charge in [-0.3, -0.25) is 9.89 Å². The largest absolute Gasteiger partial charge is 0.496 e. The Labute approximate surface area is 198 Å². The van der Waals surface area contributed by atoms with E-state index < -0.39 is 0 Å². The average molecular weight is 522 g/mol. The minimum absolute atomic E-state index is 0. The molecule has 164 valence electrons. The first kappa shape index (κ1) is 24.5. The predicted molar refractivity (Wildman–Crippen MR) is 136 cm³/mol. The van der Waals surface area contributed by atoms with Crippen molar-refractivity contribution in [1.82, 2.24) is 15.5 Å². The number of piperidine rings is 1. The van der Waals surface area contributed by atoms with E-state index in [1.807, 2.05) is 19.2 Å². The average Bonchev–Trinajstić information content (AvgIpc) is 2.76. The van der Waals surface area contributed by atoms with Gasteiger partial charge < -0.3 is 15.4 Å². The molecule has 6 heteroatoms. The Hall–Kier alpha value is -1.80. The molecule has 0 spiro atoms. The fraction of sp³-hybridized carbons (Fsp3) is 0.458. The van der Waals surface area contributed by atoms with Crippen LogP contribution in [0.1, 0.15) is 30.9 Å². The van der Waals surface area contributed by atoms with Crippen LogP contribution in [0.2, 0.25) is 0 Å². The number of benzene rings is 2. The zero-order valence-electron chi connectivity index (χ0n) is 18.3. The first-order valence-electron chi connectivity index (χ1n) is 10.6. The van der Waals surface area contributed by atoms with Crippen molar-refractivity contribution < 1.29 is 4.74 Å². The number of para-hydroxylation sites is 1. The standard InChI is InChI=1S/C24H34N4O.HI/c1-19-17-22(14-16-28(19)18-20-9-5-4-6-10-20)27-24(25-2)26-15-13-21-11-7-8-12-23(21)29-3;/h4-12,19,22H,13-18H2,1-3H3,(H2,25,26,27);1H. The van der Waals surface area contributed by atoms with E-state index in [0.717, 1.165) is 50.6 Å². The summed E-state index contributed by atoms with van der Waals surface area (Å²) < 4.78 is 5.44. The fourth-order valence-electron chi connectivity index (χ4n) is 4.02. The molecule has 2 aromatic carbocycles. The lowest BCUT2D eigenvalue weighted by Gasteiger charge is -2.38. The maximum Gasteiger partial charge on any atom is 0.191 e. The van der Waals surface area contributed by atoms with Crippen molar-refractivity contribution in [2.75, 3.05) is 27.2 Å². The minimum atomic E-state index is 0. The van der Waals surface area contributed by atoms with E-state index in [0.29, 0.717) is 12.1 Å². The number of nitrogens with one attached hydrogen (secondary N) is 2. The van der Waals surface area contributed by atoms with Gasteiger partial charge in [0.1, 0.15) is 5.75 Å². The molecule has 2 aromatic rings. The van der Waals surface area contributed by atoms with Gasteiger partial charge >= 0.3 is 0 Å². The molecule has 1 aliphatic heterocycles. The number of methoxy groups -OCH3 is 1. The second-order valence-electron chi connectivity index (χ2n) is 7.73. The maximum absolute atomic E-state index is 5.44. The zero-order chi connectivity index (χ0) is 20.5. The summed E-state index contributed by atoms with van der Waals surface area (Å²) in [5, 5.41) is 7.07. The first-order chi connectivity index (χ1) is 14.2. The summed E-state index contributed by atoms with van der Waals surface area (Å²) in [4.78, 5) is 6.99. The van der Waals surface area contributed by atoms with Crippen molar-refractivity contribution in [3.8, 4) is 5.75 Å². The van der Waals surface area contributed by atoms with Gasteiger partial charge in [-0.1, -0.05) is 48.5 Å². The molecule has 1 fully saturated rings. The predicted octanol–water partition coefficient (Wildman–Crippen LogP) is 4.07. The Morgan fingerprint density at radius 3 is 2.57 bits per heavy atom. The van der Waals surface area contributed by atoms with Crippen molar-refractivity contribution in [1.29, 1.82) is 0 Å². The van der Waals surface area contributed by atoms with Crippen LogP contribution in [-0.2, 0) is 13.0 Å². The molecule has 2 unspecified atom stereocenters. The molecule has 2 N–H and O–H groups in total. The van der Waals surface area contributed by atoms with Crippen LogP contribution in [-0.4, -0.2) is 50.2 Å². The number of rotatable bonds is 7. The molecule has 30 heavy (non-hydrogen) atoms. The highest BCUT2D eigenvalue weighted by Gasteiger charge is 2.25. The van der Waals surface area contributed by atoms with E-state index in [2.05, 4.69) is 69.9 Å². The quantitative estimate of drug-likeness (QED) is 0.327. The third kappa shape index (κ3) is 7.16. The van der Waals surface area contributed by atoms with Gasteiger partial charge in [-0.05, 0) is 43.4 Å². The topological polar surface area (TPSA) is 48.9 Å². The molecule has 0 aliphatic carbocycles. The molecule has 5 nitrogen and oxygen atoms in total. The molecule has 0 amide bonds. The Morgan fingerprint density at radius 1 is 1.13 bits per heavy atom. The lowest BCUT2D eigenvalue weighted by atomic mass is 9.97. The third-order valence-corrected chi connectivity index (χ3v) is 5.69. The second-order valence-corrected chi connectivity index (χ2v) is 7.73. The molecule has 3 rings (SSSR count). The Morgan fingerprint density at radius 2 is 1.87 bits per heavy atom. The molecule has 0 aromatic heterocycles. The Kier molecular flexibility index (Phi) is 10.4. The van der Waals surface area contributed by atoms with Crippen molar-refractivity contribution in [2.24, 2.45) is 4.99 Å². The van der Waals surface area contributed by atoms with Gasteiger partial charge in [0.2, 0.25) is 0 Å². The van der Waals surface area contributed by atoms with Crippen LogP contribution in [0.4, 0.5) is 0 Å². The normalized spacial score (nSPS) is 19.6. The smallest absolute Gasteiger partial charge is 0.191 e. The summed E-state index contributed by atoms with van der Waals surface area (Å²) in [7, 11) is 3.56. The van der Waals surface area contributed by atoms with Crippen LogP contribution in [0.25, 0.3) is 0 Å². The van der Waals surface area contributed by atoms with Gasteiger partial charge in [0, 0.05) is 38.8 Å². The highest BCUT2D eigenvalue weighted by Crippen LogP contribution is 2.20. The van der Waals surface area contributed by atoms with E-state index in [1.165, 1.54) is 11.1 Å². The van der Waals surface area contributed by atoms with Crippen LogP contribution in [0.3, 0.4) is 0 Å². The van der Waals surface area contributed by atoms with Crippen LogP contribution >= 0.6 is 24.0 Å². The summed E-state index contributed by atoms with van der Waals surface area (Å²) in [6, 6.07) is 19.9. The highest BCUT2D eigenvalue weighted by atomic mass is 127. The van der Waals surface area contributed by atoms with Crippen molar-refractivity contribution in [3.05, 3.63) is 65.7 Å². The molecular formula is C24H35IN4O. The summed E-state index contributed by atoms with van der Waals surface area (Å²) in [6.45, 7) is 5.28. The van der Waals surface area contributed by atoms with Crippen LogP contribution in [0.15, 0.2) is 59.6 Å². The Balaban J connectivity index is 0.00000320. The SMILES string of the molecule is CN=C(NCCc1ccccc1OC)NC1CCN(Cc2ccccc2)C(C)C1.I. The fourth-order valence-corrected chi connectivity index (χ4v) is 4.02. The molecule has 1 aliphatic rings. The van der Waals surface area contributed by atoms with Crippen LogP contribution in [0.5, 0.6) is 5.75 Å². The van der Waals surface area contributed by atoms with E-state index in [-0.39, 0.29) is 24.0 Å². The monoisotopic (exact) mass is 522 g/mol. The van der Waals surface area contributed by atoms with Crippen molar-refractivity contribution in [2.45, 2.75) is 44.8 Å². The molecule has 2 atom stereocenters. The van der Waals surface area contributed by atoms with Gasteiger partial charge in [0.25, 0.3) is 0 Å². The summed E-state index contributed by atoms with van der Waals surface area (Å²) >= 11 is 0. The number of aliphatic imine (C=N–C) groups is 1. The number of ether oxygens (including phenoxy) is 1. The first-order valence-corrected chi connectivity index (χ1v) is 10.6. The van der Waals surface area contributed by atoms with Crippen molar-refractivity contribution in [3.63, 3.8) is 0 Å². The van der Waals surface area contributed by atoms with E-state index in [4.69, 9.17) is 4.74 Å². The summed E-state index contributed by atoms with van der Waals surface area (Å²) in [5.74, 6) is 1.82. The minimum Gasteiger partial charge on any atom is -0.496 e. The number of halogens is 1. The second kappa shape index (κ2) is 12.8. The maximum atomic E-state index is 5.44. The molecule has 0 radical (unpaired) electrons.